The second kappa shape index (κ2) is 12.7. The predicted molar refractivity (Wildman–Crippen MR) is 157 cm³/mol. The molecule has 0 saturated carbocycles. The fraction of sp³-hybridized carbons (Fsp3) is 0.571. The van der Waals surface area contributed by atoms with Gasteiger partial charge in [0.15, 0.2) is 0 Å². The Morgan fingerprint density at radius 1 is 1.03 bits per heavy atom. The molecule has 37 heavy (non-hydrogen) atoms. The van der Waals surface area contributed by atoms with E-state index in [-0.39, 0.29) is 0 Å². The molecular formula is C28H41N7OS. The van der Waals surface area contributed by atoms with Crippen LogP contribution in [0.5, 0.6) is 0 Å². The van der Waals surface area contributed by atoms with E-state index in [1.54, 1.807) is 7.11 Å². The third kappa shape index (κ3) is 6.26. The van der Waals surface area contributed by atoms with Crippen molar-refractivity contribution in [1.82, 2.24) is 19.9 Å². The van der Waals surface area contributed by atoms with Crippen molar-refractivity contribution < 1.29 is 4.74 Å². The molecule has 5 heterocycles. The molecule has 5 rings (SSSR count). The van der Waals surface area contributed by atoms with Crippen molar-refractivity contribution >= 4 is 45.9 Å². The number of fused-ring (bicyclic) bond motifs is 1. The highest BCUT2D eigenvalue weighted by atomic mass is 32.2. The van der Waals surface area contributed by atoms with Gasteiger partial charge in [-0.2, -0.15) is 16.7 Å². The largest absolute Gasteiger partial charge is 0.381 e. The van der Waals surface area contributed by atoms with Crippen molar-refractivity contribution in [2.24, 2.45) is 5.92 Å². The van der Waals surface area contributed by atoms with Crippen molar-refractivity contribution in [3.8, 4) is 0 Å². The van der Waals surface area contributed by atoms with Crippen LogP contribution < -0.4 is 15.1 Å². The molecular weight excluding hydrogens is 482 g/mol. The van der Waals surface area contributed by atoms with E-state index in [1.165, 1.54) is 16.7 Å². The monoisotopic (exact) mass is 523 g/mol. The Morgan fingerprint density at radius 3 is 2.46 bits per heavy atom. The topological polar surface area (TPSA) is 79.3 Å². The van der Waals surface area contributed by atoms with E-state index in [0.29, 0.717) is 12.0 Å². The fourth-order valence-corrected chi connectivity index (χ4v) is 5.68. The molecule has 0 spiro atoms. The zero-order chi connectivity index (χ0) is 26.4. The molecule has 2 fully saturated rings. The van der Waals surface area contributed by atoms with Crippen LogP contribution >= 0.6 is 11.8 Å². The first-order valence-electron chi connectivity index (χ1n) is 13.5. The van der Waals surface area contributed by atoms with Gasteiger partial charge in [0.05, 0.1) is 6.10 Å². The van der Waals surface area contributed by atoms with E-state index in [4.69, 9.17) is 19.7 Å². The molecule has 0 bridgehead atoms. The van der Waals surface area contributed by atoms with Crippen LogP contribution in [0.2, 0.25) is 0 Å². The highest BCUT2D eigenvalue weighted by molar-refractivity contribution is 7.98. The highest BCUT2D eigenvalue weighted by Crippen LogP contribution is 2.35. The number of rotatable bonds is 8. The van der Waals surface area contributed by atoms with E-state index in [0.717, 1.165) is 73.7 Å². The number of nitrogens with one attached hydrogen (secondary N) is 1. The van der Waals surface area contributed by atoms with Crippen LogP contribution in [0, 0.1) is 5.92 Å². The maximum Gasteiger partial charge on any atom is 0.227 e. The van der Waals surface area contributed by atoms with Crippen LogP contribution in [-0.2, 0) is 4.74 Å². The number of piperidine rings is 1. The second-order valence-corrected chi connectivity index (χ2v) is 10.7. The Labute approximate surface area is 225 Å². The summed E-state index contributed by atoms with van der Waals surface area (Å²) in [6.07, 6.45) is 10.3. The normalized spacial score (nSPS) is 16.5. The Kier molecular flexibility index (Phi) is 9.43. The van der Waals surface area contributed by atoms with Crippen molar-refractivity contribution in [1.29, 1.82) is 0 Å². The number of nitrogens with zero attached hydrogens (tertiary/aromatic N) is 6. The van der Waals surface area contributed by atoms with Crippen molar-refractivity contribution in [3.05, 3.63) is 36.3 Å². The minimum atomic E-state index is 0.330. The lowest BCUT2D eigenvalue weighted by atomic mass is 9.97. The average molecular weight is 524 g/mol. The van der Waals surface area contributed by atoms with E-state index < -0.39 is 0 Å². The van der Waals surface area contributed by atoms with Crippen molar-refractivity contribution in [2.75, 3.05) is 60.4 Å². The van der Waals surface area contributed by atoms with Crippen LogP contribution in [0.15, 0.2) is 30.7 Å². The number of aromatic nitrogens is 4. The van der Waals surface area contributed by atoms with E-state index in [1.807, 2.05) is 50.3 Å². The molecule has 0 amide bonds. The van der Waals surface area contributed by atoms with Gasteiger partial charge < -0.3 is 19.9 Å². The lowest BCUT2D eigenvalue weighted by Crippen LogP contribution is -2.48. The molecule has 0 aliphatic carbocycles. The van der Waals surface area contributed by atoms with E-state index >= 15 is 0 Å². The van der Waals surface area contributed by atoms with Crippen LogP contribution in [0.4, 0.5) is 23.4 Å². The summed E-state index contributed by atoms with van der Waals surface area (Å²) in [6.45, 7) is 12.4. The lowest BCUT2D eigenvalue weighted by molar-refractivity contribution is 0.0816. The first kappa shape index (κ1) is 27.4. The summed E-state index contributed by atoms with van der Waals surface area (Å²) in [4.78, 5) is 23.5. The first-order valence-corrected chi connectivity index (χ1v) is 14.9. The molecule has 2 aliphatic rings. The van der Waals surface area contributed by atoms with Gasteiger partial charge in [0.1, 0.15) is 17.5 Å². The maximum atomic E-state index is 5.49. The summed E-state index contributed by atoms with van der Waals surface area (Å²) < 4.78 is 5.49. The summed E-state index contributed by atoms with van der Waals surface area (Å²) in [6, 6.07) is 4.03. The zero-order valence-corrected chi connectivity index (χ0v) is 23.9. The number of hydrogen-bond acceptors (Lipinski definition) is 9. The molecule has 0 atom stereocenters. The number of thioether (sulfide) groups is 1. The van der Waals surface area contributed by atoms with Gasteiger partial charge in [-0.25, -0.2) is 15.0 Å². The Balaban J connectivity index is 0.00000156. The zero-order valence-electron chi connectivity index (χ0n) is 23.1. The first-order chi connectivity index (χ1) is 18.1. The van der Waals surface area contributed by atoms with Crippen LogP contribution in [0.3, 0.4) is 0 Å². The second-order valence-electron chi connectivity index (χ2n) is 9.82. The van der Waals surface area contributed by atoms with Crippen LogP contribution in [0.25, 0.3) is 10.8 Å². The minimum Gasteiger partial charge on any atom is -0.381 e. The molecule has 0 unspecified atom stereocenters. The fourth-order valence-electron chi connectivity index (χ4n) is 5.00. The van der Waals surface area contributed by atoms with Gasteiger partial charge >= 0.3 is 0 Å². The summed E-state index contributed by atoms with van der Waals surface area (Å²) in [5.74, 6) is 5.64. The van der Waals surface area contributed by atoms with Crippen LogP contribution in [-0.4, -0.2) is 71.3 Å². The molecule has 8 nitrogen and oxygen atoms in total. The maximum absolute atomic E-state index is 5.49. The molecule has 2 saturated heterocycles. The summed E-state index contributed by atoms with van der Waals surface area (Å²) in [5, 5.41) is 5.73. The standard InChI is InChI=1S/C26H35N7OS.C2H6/c1-17(2)21-12-29-25(33-14-18(15-33)16-35-4)22-13-28-24(11-20(21)22)30-23-5-8-27-26(31-23)32-9-6-19(34-3)7-10-32;1-2/h5,8,11-13,17-19H,6-7,9-10,14-16H2,1-4H3,(H,27,28,30,31);1-2H3. The third-order valence-corrected chi connectivity index (χ3v) is 7.82. The molecule has 3 aromatic rings. The minimum absolute atomic E-state index is 0.330. The van der Waals surface area contributed by atoms with Crippen molar-refractivity contribution in [2.45, 2.75) is 52.6 Å². The van der Waals surface area contributed by atoms with Gasteiger partial charge in [0, 0.05) is 63.2 Å². The molecule has 1 N–H and O–H groups in total. The Morgan fingerprint density at radius 2 is 1.78 bits per heavy atom. The molecule has 0 aromatic carbocycles. The number of methoxy groups -OCH3 is 1. The average Bonchev–Trinajstić information content (AvgIpc) is 2.91. The lowest BCUT2D eigenvalue weighted by Gasteiger charge is -2.40. The molecule has 200 valence electrons. The predicted octanol–water partition coefficient (Wildman–Crippen LogP) is 5.73. The van der Waals surface area contributed by atoms with Crippen LogP contribution in [0.1, 0.15) is 52.0 Å². The van der Waals surface area contributed by atoms with Gasteiger partial charge in [0.2, 0.25) is 5.95 Å². The molecule has 2 aliphatic heterocycles. The Hall–Kier alpha value is -2.65. The van der Waals surface area contributed by atoms with Gasteiger partial charge in [-0.15, -0.1) is 0 Å². The number of pyridine rings is 2. The number of ether oxygens (including phenoxy) is 1. The quantitative estimate of drug-likeness (QED) is 0.398. The number of hydrogen-bond donors (Lipinski definition) is 1. The SMILES string of the molecule is CC.COC1CCN(c2nccc(Nc3cc4c(C(C)C)cnc(N5CC(CSC)C5)c4cn3)n2)CC1. The summed E-state index contributed by atoms with van der Waals surface area (Å²) in [5.41, 5.74) is 1.24. The summed E-state index contributed by atoms with van der Waals surface area (Å²) in [7, 11) is 1.79. The van der Waals surface area contributed by atoms with E-state index in [9.17, 15) is 0 Å². The highest BCUT2D eigenvalue weighted by Gasteiger charge is 2.29. The molecule has 0 radical (unpaired) electrons. The summed E-state index contributed by atoms with van der Waals surface area (Å²) >= 11 is 1.92. The Bertz CT molecular complexity index is 1160. The molecule has 9 heteroatoms. The smallest absolute Gasteiger partial charge is 0.227 e. The van der Waals surface area contributed by atoms with Gasteiger partial charge in [-0.05, 0) is 53.9 Å². The van der Waals surface area contributed by atoms with E-state index in [2.05, 4.69) is 46.3 Å². The number of anilines is 4. The van der Waals surface area contributed by atoms with Gasteiger partial charge in [-0.1, -0.05) is 27.7 Å². The molecule has 3 aromatic heterocycles. The van der Waals surface area contributed by atoms with Gasteiger partial charge in [0.25, 0.3) is 0 Å². The van der Waals surface area contributed by atoms with Crippen molar-refractivity contribution in [3.63, 3.8) is 0 Å². The third-order valence-electron chi connectivity index (χ3n) is 7.02. The van der Waals surface area contributed by atoms with Gasteiger partial charge in [-0.3, -0.25) is 0 Å².